The molecular weight excluding hydrogens is 244 g/mol. The van der Waals surface area contributed by atoms with Crippen molar-refractivity contribution < 1.29 is 14.0 Å². The molecule has 5 heteroatoms. The van der Waals surface area contributed by atoms with Gasteiger partial charge in [-0.3, -0.25) is 14.9 Å². The van der Waals surface area contributed by atoms with Crippen LogP contribution in [0.1, 0.15) is 37.7 Å². The Morgan fingerprint density at radius 2 is 1.89 bits per heavy atom. The van der Waals surface area contributed by atoms with Gasteiger partial charge in [0.2, 0.25) is 5.91 Å². The number of anilines is 1. The van der Waals surface area contributed by atoms with Crippen LogP contribution in [-0.4, -0.2) is 29.8 Å². The van der Waals surface area contributed by atoms with Crippen molar-refractivity contribution in [2.24, 2.45) is 11.8 Å². The highest BCUT2D eigenvalue weighted by atomic mass is 16.4. The summed E-state index contributed by atoms with van der Waals surface area (Å²) in [7, 11) is 0. The van der Waals surface area contributed by atoms with E-state index in [-0.39, 0.29) is 17.6 Å². The number of carbonyl (C=O) groups excluding carboxylic acids is 2. The second kappa shape index (κ2) is 5.47. The maximum absolute atomic E-state index is 12.3. The maximum Gasteiger partial charge on any atom is 0.289 e. The average molecular weight is 264 g/mol. The zero-order chi connectivity index (χ0) is 14.0. The number of carbonyl (C=O) groups is 2. The highest BCUT2D eigenvalue weighted by Crippen LogP contribution is 2.23. The van der Waals surface area contributed by atoms with Crippen molar-refractivity contribution >= 4 is 17.7 Å². The number of amides is 2. The summed E-state index contributed by atoms with van der Waals surface area (Å²) in [5.41, 5.74) is 0. The zero-order valence-electron chi connectivity index (χ0n) is 11.6. The molecule has 0 aliphatic carbocycles. The van der Waals surface area contributed by atoms with Gasteiger partial charge in [0.25, 0.3) is 5.91 Å². The SMILES string of the molecule is CC(=O)Nc1ccc(C(=O)N2C[C@H](C)C[C@@H](C)C2)o1. The first-order valence-electron chi connectivity index (χ1n) is 6.62. The minimum Gasteiger partial charge on any atom is -0.435 e. The smallest absolute Gasteiger partial charge is 0.289 e. The van der Waals surface area contributed by atoms with Crippen LogP contribution < -0.4 is 5.32 Å². The summed E-state index contributed by atoms with van der Waals surface area (Å²) in [4.78, 5) is 25.1. The zero-order valence-corrected chi connectivity index (χ0v) is 11.6. The molecule has 19 heavy (non-hydrogen) atoms. The minimum atomic E-state index is -0.214. The highest BCUT2D eigenvalue weighted by molar-refractivity contribution is 5.93. The van der Waals surface area contributed by atoms with E-state index < -0.39 is 0 Å². The van der Waals surface area contributed by atoms with Gasteiger partial charge in [0.15, 0.2) is 11.6 Å². The number of likely N-dealkylation sites (tertiary alicyclic amines) is 1. The van der Waals surface area contributed by atoms with Crippen molar-refractivity contribution in [3.8, 4) is 0 Å². The Kier molecular flexibility index (Phi) is 3.93. The van der Waals surface area contributed by atoms with Gasteiger partial charge in [0, 0.05) is 26.1 Å². The molecule has 0 unspecified atom stereocenters. The van der Waals surface area contributed by atoms with Crippen molar-refractivity contribution in [1.82, 2.24) is 4.90 Å². The van der Waals surface area contributed by atoms with Crippen LogP contribution >= 0.6 is 0 Å². The highest BCUT2D eigenvalue weighted by Gasteiger charge is 2.27. The Balaban J connectivity index is 2.06. The molecule has 0 aromatic carbocycles. The molecule has 1 fully saturated rings. The number of nitrogens with one attached hydrogen (secondary N) is 1. The monoisotopic (exact) mass is 264 g/mol. The van der Waals surface area contributed by atoms with Gasteiger partial charge in [-0.2, -0.15) is 0 Å². The van der Waals surface area contributed by atoms with Gasteiger partial charge in [-0.1, -0.05) is 13.8 Å². The van der Waals surface area contributed by atoms with E-state index >= 15 is 0 Å². The maximum atomic E-state index is 12.3. The van der Waals surface area contributed by atoms with Crippen molar-refractivity contribution in [1.29, 1.82) is 0 Å². The summed E-state index contributed by atoms with van der Waals surface area (Å²) in [5, 5.41) is 2.52. The summed E-state index contributed by atoms with van der Waals surface area (Å²) in [6, 6.07) is 3.21. The van der Waals surface area contributed by atoms with Crippen LogP contribution in [0.2, 0.25) is 0 Å². The number of hydrogen-bond donors (Lipinski definition) is 1. The Hall–Kier alpha value is -1.78. The van der Waals surface area contributed by atoms with Crippen molar-refractivity contribution in [2.45, 2.75) is 27.2 Å². The molecule has 0 spiro atoms. The van der Waals surface area contributed by atoms with Crippen molar-refractivity contribution in [3.63, 3.8) is 0 Å². The molecule has 104 valence electrons. The summed E-state index contributed by atoms with van der Waals surface area (Å²) < 4.78 is 5.36. The van der Waals surface area contributed by atoms with Crippen LogP contribution in [0.25, 0.3) is 0 Å². The molecule has 5 nitrogen and oxygen atoms in total. The van der Waals surface area contributed by atoms with Crippen LogP contribution in [0.15, 0.2) is 16.5 Å². The molecule has 1 aromatic rings. The van der Waals surface area contributed by atoms with E-state index in [0.29, 0.717) is 17.7 Å². The van der Waals surface area contributed by atoms with E-state index in [1.165, 1.54) is 6.92 Å². The first kappa shape index (κ1) is 13.6. The largest absolute Gasteiger partial charge is 0.435 e. The standard InChI is InChI=1S/C14H20N2O3/c1-9-6-10(2)8-16(7-9)14(18)12-4-5-13(19-12)15-11(3)17/h4-5,9-10H,6-8H2,1-3H3,(H,15,17)/t9-,10-/m1/s1. The van der Waals surface area contributed by atoms with Crippen LogP contribution in [0.4, 0.5) is 5.88 Å². The molecule has 0 bridgehead atoms. The van der Waals surface area contributed by atoms with E-state index in [1.54, 1.807) is 12.1 Å². The van der Waals surface area contributed by atoms with Crippen molar-refractivity contribution in [2.75, 3.05) is 18.4 Å². The Morgan fingerprint density at radius 3 is 2.47 bits per heavy atom. The Labute approximate surface area is 113 Å². The molecule has 1 N–H and O–H groups in total. The van der Waals surface area contributed by atoms with Crippen LogP contribution in [0.5, 0.6) is 0 Å². The molecular formula is C14H20N2O3. The van der Waals surface area contributed by atoms with Gasteiger partial charge in [-0.25, -0.2) is 0 Å². The topological polar surface area (TPSA) is 62.6 Å². The summed E-state index contributed by atoms with van der Waals surface area (Å²) in [6.07, 6.45) is 1.15. The third-order valence-corrected chi connectivity index (χ3v) is 3.27. The molecule has 1 saturated heterocycles. The fourth-order valence-corrected chi connectivity index (χ4v) is 2.68. The second-order valence-electron chi connectivity index (χ2n) is 5.50. The first-order chi connectivity index (χ1) is 8.95. The molecule has 2 amide bonds. The van der Waals surface area contributed by atoms with Gasteiger partial charge in [0.05, 0.1) is 0 Å². The quantitative estimate of drug-likeness (QED) is 0.892. The normalized spacial score (nSPS) is 23.2. The van der Waals surface area contributed by atoms with Gasteiger partial charge in [-0.05, 0) is 24.3 Å². The summed E-state index contributed by atoms with van der Waals surface area (Å²) in [5.74, 6) is 1.30. The van der Waals surface area contributed by atoms with E-state index in [1.807, 2.05) is 4.90 Å². The van der Waals surface area contributed by atoms with Crippen LogP contribution in [0, 0.1) is 11.8 Å². The van der Waals surface area contributed by atoms with E-state index in [9.17, 15) is 9.59 Å². The van der Waals surface area contributed by atoms with Gasteiger partial charge >= 0.3 is 0 Å². The first-order valence-corrected chi connectivity index (χ1v) is 6.62. The van der Waals surface area contributed by atoms with Gasteiger partial charge in [0.1, 0.15) is 0 Å². The molecule has 0 radical (unpaired) electrons. The molecule has 2 heterocycles. The lowest BCUT2D eigenvalue weighted by Crippen LogP contribution is -2.42. The molecule has 0 saturated carbocycles. The molecule has 1 aromatic heterocycles. The van der Waals surface area contributed by atoms with E-state index in [4.69, 9.17) is 4.42 Å². The fourth-order valence-electron chi connectivity index (χ4n) is 2.68. The third-order valence-electron chi connectivity index (χ3n) is 3.27. The lowest BCUT2D eigenvalue weighted by molar-refractivity contribution is -0.114. The lowest BCUT2D eigenvalue weighted by atomic mass is 9.92. The van der Waals surface area contributed by atoms with E-state index in [0.717, 1.165) is 19.5 Å². The predicted octanol–water partition coefficient (Wildman–Crippen LogP) is 2.36. The second-order valence-corrected chi connectivity index (χ2v) is 5.50. The van der Waals surface area contributed by atoms with E-state index in [2.05, 4.69) is 19.2 Å². The number of piperidine rings is 1. The molecule has 2 atom stereocenters. The molecule has 1 aliphatic rings. The minimum absolute atomic E-state index is 0.102. The Morgan fingerprint density at radius 1 is 1.26 bits per heavy atom. The molecule has 2 rings (SSSR count). The van der Waals surface area contributed by atoms with Crippen molar-refractivity contribution in [3.05, 3.63) is 17.9 Å². The third kappa shape index (κ3) is 3.36. The predicted molar refractivity (Wildman–Crippen MR) is 71.9 cm³/mol. The van der Waals surface area contributed by atoms with Crippen LogP contribution in [-0.2, 0) is 4.79 Å². The number of nitrogens with zero attached hydrogens (tertiary/aromatic N) is 1. The Bertz CT molecular complexity index is 471. The lowest BCUT2D eigenvalue weighted by Gasteiger charge is -2.34. The summed E-state index contributed by atoms with van der Waals surface area (Å²) in [6.45, 7) is 7.23. The summed E-state index contributed by atoms with van der Waals surface area (Å²) >= 11 is 0. The number of hydrogen-bond acceptors (Lipinski definition) is 3. The van der Waals surface area contributed by atoms with Gasteiger partial charge in [-0.15, -0.1) is 0 Å². The average Bonchev–Trinajstić information content (AvgIpc) is 2.74. The molecule has 1 aliphatic heterocycles. The van der Waals surface area contributed by atoms with Gasteiger partial charge < -0.3 is 9.32 Å². The van der Waals surface area contributed by atoms with Crippen LogP contribution in [0.3, 0.4) is 0 Å². The number of furan rings is 1. The number of rotatable bonds is 2. The fraction of sp³-hybridized carbons (Fsp3) is 0.571.